The number of ether oxygens (including phenoxy) is 2. The van der Waals surface area contributed by atoms with Crippen molar-refractivity contribution in [3.63, 3.8) is 0 Å². The van der Waals surface area contributed by atoms with E-state index in [-0.39, 0.29) is 5.69 Å². The van der Waals surface area contributed by atoms with Crippen LogP contribution in [0.25, 0.3) is 11.3 Å². The third kappa shape index (κ3) is 2.18. The molecule has 2 aromatic rings. The summed E-state index contributed by atoms with van der Waals surface area (Å²) in [5.74, 6) is 0.374. The van der Waals surface area contributed by atoms with Gasteiger partial charge < -0.3 is 9.47 Å². The number of aromatic nitrogens is 3. The van der Waals surface area contributed by atoms with Gasteiger partial charge in [0, 0.05) is 12.0 Å². The predicted octanol–water partition coefficient (Wildman–Crippen LogP) is 2.35. The molecule has 0 fully saturated rings. The van der Waals surface area contributed by atoms with E-state index in [1.165, 1.54) is 0 Å². The first-order valence-electron chi connectivity index (χ1n) is 6.24. The number of nitrogens with one attached hydrogen (secondary N) is 1. The van der Waals surface area contributed by atoms with Crippen molar-refractivity contribution in [2.24, 2.45) is 0 Å². The van der Waals surface area contributed by atoms with Crippen LogP contribution in [-0.4, -0.2) is 34.6 Å². The van der Waals surface area contributed by atoms with Gasteiger partial charge in [-0.3, -0.25) is 0 Å². The molecule has 104 valence electrons. The fourth-order valence-electron chi connectivity index (χ4n) is 2.17. The Morgan fingerprint density at radius 2 is 2.35 bits per heavy atom. The molecule has 6 nitrogen and oxygen atoms in total. The lowest BCUT2D eigenvalue weighted by Gasteiger charge is -2.06. The highest BCUT2D eigenvalue weighted by atomic mass is 79.9. The quantitative estimate of drug-likeness (QED) is 0.870. The van der Waals surface area contributed by atoms with Gasteiger partial charge in [-0.25, -0.2) is 4.79 Å². The second-order valence-electron chi connectivity index (χ2n) is 4.29. The van der Waals surface area contributed by atoms with Crippen LogP contribution in [0.3, 0.4) is 0 Å². The van der Waals surface area contributed by atoms with Gasteiger partial charge >= 0.3 is 5.97 Å². The summed E-state index contributed by atoms with van der Waals surface area (Å²) >= 11 is 3.48. The molecule has 1 N–H and O–H groups in total. The van der Waals surface area contributed by atoms with Crippen LogP contribution in [0, 0.1) is 0 Å². The zero-order chi connectivity index (χ0) is 14.1. The fraction of sp³-hybridized carbons (Fsp3) is 0.308. The number of H-pyrrole nitrogens is 1. The van der Waals surface area contributed by atoms with Crippen LogP contribution in [0.1, 0.15) is 23.0 Å². The standard InChI is InChI=1S/C13H12BrN3O3/c1-2-19-13(18)11-10(15-17-16-11)8-5-7-3-4-20-12(7)9(14)6-8/h5-6H,2-4H2,1H3,(H,15,16,17). The average Bonchev–Trinajstić information content (AvgIpc) is 3.07. The Morgan fingerprint density at radius 1 is 1.50 bits per heavy atom. The van der Waals surface area contributed by atoms with E-state index >= 15 is 0 Å². The lowest BCUT2D eigenvalue weighted by molar-refractivity contribution is 0.0520. The van der Waals surface area contributed by atoms with E-state index in [0.29, 0.717) is 18.9 Å². The van der Waals surface area contributed by atoms with Gasteiger partial charge in [0.05, 0.1) is 17.7 Å². The number of carbonyl (C=O) groups is 1. The molecule has 1 aliphatic heterocycles. The van der Waals surface area contributed by atoms with Crippen LogP contribution >= 0.6 is 15.9 Å². The van der Waals surface area contributed by atoms with Gasteiger partial charge in [-0.05, 0) is 40.5 Å². The Balaban J connectivity index is 2.04. The number of aromatic amines is 1. The van der Waals surface area contributed by atoms with Gasteiger partial charge in [0.2, 0.25) is 0 Å². The molecule has 1 aliphatic rings. The predicted molar refractivity (Wildman–Crippen MR) is 74.7 cm³/mol. The number of nitrogens with zero attached hydrogens (tertiary/aromatic N) is 2. The van der Waals surface area contributed by atoms with E-state index in [1.807, 2.05) is 12.1 Å². The first-order valence-corrected chi connectivity index (χ1v) is 7.03. The monoisotopic (exact) mass is 337 g/mol. The van der Waals surface area contributed by atoms with E-state index in [0.717, 1.165) is 27.8 Å². The summed E-state index contributed by atoms with van der Waals surface area (Å²) in [6.45, 7) is 2.72. The van der Waals surface area contributed by atoms with Crippen molar-refractivity contribution in [2.45, 2.75) is 13.3 Å². The lowest BCUT2D eigenvalue weighted by atomic mass is 10.1. The summed E-state index contributed by atoms with van der Waals surface area (Å²) in [5.41, 5.74) is 2.57. The summed E-state index contributed by atoms with van der Waals surface area (Å²) < 4.78 is 11.4. The van der Waals surface area contributed by atoms with Crippen molar-refractivity contribution >= 4 is 21.9 Å². The Kier molecular flexibility index (Phi) is 3.43. The molecule has 0 saturated heterocycles. The van der Waals surface area contributed by atoms with Gasteiger partial charge in [-0.15, -0.1) is 5.10 Å². The molecule has 0 radical (unpaired) electrons. The minimum atomic E-state index is -0.482. The van der Waals surface area contributed by atoms with Crippen LogP contribution in [-0.2, 0) is 11.2 Å². The average molecular weight is 338 g/mol. The van der Waals surface area contributed by atoms with Crippen molar-refractivity contribution in [1.82, 2.24) is 15.4 Å². The molecule has 20 heavy (non-hydrogen) atoms. The number of halogens is 1. The van der Waals surface area contributed by atoms with Gasteiger partial charge in [0.1, 0.15) is 11.4 Å². The normalized spacial score (nSPS) is 12.9. The van der Waals surface area contributed by atoms with Gasteiger partial charge in [0.15, 0.2) is 5.69 Å². The summed E-state index contributed by atoms with van der Waals surface area (Å²) in [6.07, 6.45) is 0.842. The van der Waals surface area contributed by atoms with Crippen LogP contribution in [0.4, 0.5) is 0 Å². The summed E-state index contributed by atoms with van der Waals surface area (Å²) in [7, 11) is 0. The van der Waals surface area contributed by atoms with Gasteiger partial charge in [-0.2, -0.15) is 10.3 Å². The molecule has 0 bridgehead atoms. The minimum absolute atomic E-state index is 0.192. The number of fused-ring (bicyclic) bond motifs is 1. The molecule has 0 unspecified atom stereocenters. The first kappa shape index (κ1) is 13.1. The summed E-state index contributed by atoms with van der Waals surface area (Å²) in [4.78, 5) is 11.8. The van der Waals surface area contributed by atoms with Crippen LogP contribution in [0.5, 0.6) is 5.75 Å². The highest BCUT2D eigenvalue weighted by Gasteiger charge is 2.23. The molecule has 2 heterocycles. The fourth-order valence-corrected chi connectivity index (χ4v) is 2.79. The molecule has 1 aromatic heterocycles. The van der Waals surface area contributed by atoms with Gasteiger partial charge in [0.25, 0.3) is 0 Å². The first-order chi connectivity index (χ1) is 9.70. The Morgan fingerprint density at radius 3 is 3.15 bits per heavy atom. The van der Waals surface area contributed by atoms with Crippen LogP contribution in [0.15, 0.2) is 16.6 Å². The zero-order valence-electron chi connectivity index (χ0n) is 10.8. The smallest absolute Gasteiger partial charge is 0.361 e. The Hall–Kier alpha value is -1.89. The van der Waals surface area contributed by atoms with E-state index in [4.69, 9.17) is 9.47 Å². The van der Waals surface area contributed by atoms with Crippen molar-refractivity contribution < 1.29 is 14.3 Å². The van der Waals surface area contributed by atoms with Crippen molar-refractivity contribution in [3.8, 4) is 17.0 Å². The van der Waals surface area contributed by atoms with E-state index in [1.54, 1.807) is 6.92 Å². The number of hydrogen-bond donors (Lipinski definition) is 1. The molecule has 0 aliphatic carbocycles. The van der Waals surface area contributed by atoms with Gasteiger partial charge in [-0.1, -0.05) is 0 Å². The SMILES string of the molecule is CCOC(=O)c1n[nH]nc1-c1cc(Br)c2c(c1)CCO2. The third-order valence-electron chi connectivity index (χ3n) is 3.03. The molecule has 0 amide bonds. The van der Waals surface area contributed by atoms with Crippen molar-refractivity contribution in [2.75, 3.05) is 13.2 Å². The maximum Gasteiger partial charge on any atom is 0.361 e. The second-order valence-corrected chi connectivity index (χ2v) is 5.14. The maximum absolute atomic E-state index is 11.8. The number of carbonyl (C=O) groups excluding carboxylic acids is 1. The van der Waals surface area contributed by atoms with Crippen molar-refractivity contribution in [1.29, 1.82) is 0 Å². The van der Waals surface area contributed by atoms with Crippen LogP contribution in [0.2, 0.25) is 0 Å². The van der Waals surface area contributed by atoms with E-state index in [9.17, 15) is 4.79 Å². The topological polar surface area (TPSA) is 77.1 Å². The van der Waals surface area contributed by atoms with Crippen LogP contribution < -0.4 is 4.74 Å². The molecule has 7 heteroatoms. The maximum atomic E-state index is 11.8. The second kappa shape index (κ2) is 5.24. The highest BCUT2D eigenvalue weighted by Crippen LogP contribution is 2.37. The Labute approximate surface area is 123 Å². The van der Waals surface area contributed by atoms with Crippen molar-refractivity contribution in [3.05, 3.63) is 27.9 Å². The van der Waals surface area contributed by atoms with E-state index in [2.05, 4.69) is 31.3 Å². The molecule has 3 rings (SSSR count). The number of esters is 1. The molecule has 0 atom stereocenters. The minimum Gasteiger partial charge on any atom is -0.492 e. The summed E-state index contributed by atoms with van der Waals surface area (Å²) in [6, 6.07) is 3.83. The number of benzene rings is 1. The summed E-state index contributed by atoms with van der Waals surface area (Å²) in [5, 5.41) is 10.4. The Bertz CT molecular complexity index is 669. The number of hydrogen-bond acceptors (Lipinski definition) is 5. The van der Waals surface area contributed by atoms with E-state index < -0.39 is 5.97 Å². The molecule has 1 aromatic carbocycles. The highest BCUT2D eigenvalue weighted by molar-refractivity contribution is 9.10. The molecule has 0 spiro atoms. The number of rotatable bonds is 3. The third-order valence-corrected chi connectivity index (χ3v) is 3.62. The molecular formula is C13H12BrN3O3. The molecule has 0 saturated carbocycles. The lowest BCUT2D eigenvalue weighted by Crippen LogP contribution is -2.06. The molecular weight excluding hydrogens is 326 g/mol. The largest absolute Gasteiger partial charge is 0.492 e. The zero-order valence-corrected chi connectivity index (χ0v) is 12.4.